The van der Waals surface area contributed by atoms with Crippen molar-refractivity contribution in [2.45, 2.75) is 44.3 Å². The van der Waals surface area contributed by atoms with Crippen LogP contribution in [0.1, 0.15) is 44.8 Å². The average Bonchev–Trinajstić information content (AvgIpc) is 3.54. The van der Waals surface area contributed by atoms with Gasteiger partial charge in [-0.3, -0.25) is 4.79 Å². The third kappa shape index (κ3) is 4.97. The monoisotopic (exact) mass is 488 g/mol. The van der Waals surface area contributed by atoms with Crippen LogP contribution in [0, 0.1) is 0 Å². The number of nitrogens with zero attached hydrogens (tertiary/aromatic N) is 3. The summed E-state index contributed by atoms with van der Waals surface area (Å²) in [4.78, 5) is 27.6. The standard InChI is InChI=1S/C22H24N4O3S3/c1-3-10-26-17(12-14-7-6-11-30-14)24-25-22(26)31-13-18(27)23-20-19(21(28)29-4-2)15-8-5-9-16(15)32-20/h3,6-7,11H,1,4-5,8-10,12-13H2,2H3,(H,23,27). The number of amides is 1. The number of rotatable bonds is 10. The number of ether oxygens (including phenoxy) is 1. The number of aromatic nitrogens is 3. The first-order chi connectivity index (χ1) is 15.6. The van der Waals surface area contributed by atoms with Gasteiger partial charge in [-0.2, -0.15) is 0 Å². The third-order valence-electron chi connectivity index (χ3n) is 5.00. The van der Waals surface area contributed by atoms with E-state index in [1.54, 1.807) is 24.3 Å². The summed E-state index contributed by atoms with van der Waals surface area (Å²) >= 11 is 4.48. The van der Waals surface area contributed by atoms with Crippen LogP contribution in [0.2, 0.25) is 0 Å². The lowest BCUT2D eigenvalue weighted by molar-refractivity contribution is -0.113. The van der Waals surface area contributed by atoms with E-state index in [0.29, 0.717) is 35.3 Å². The fourth-order valence-corrected chi connectivity index (χ4v) is 6.40. The van der Waals surface area contributed by atoms with Crippen LogP contribution in [0.3, 0.4) is 0 Å². The van der Waals surface area contributed by atoms with Gasteiger partial charge in [0.25, 0.3) is 0 Å². The van der Waals surface area contributed by atoms with E-state index in [1.165, 1.54) is 32.9 Å². The highest BCUT2D eigenvalue weighted by molar-refractivity contribution is 7.99. The molecule has 0 saturated carbocycles. The summed E-state index contributed by atoms with van der Waals surface area (Å²) < 4.78 is 7.21. The van der Waals surface area contributed by atoms with E-state index in [-0.39, 0.29) is 17.6 Å². The van der Waals surface area contributed by atoms with Crippen molar-refractivity contribution in [3.05, 3.63) is 56.9 Å². The summed E-state index contributed by atoms with van der Waals surface area (Å²) in [5.74, 6) is 0.459. The topological polar surface area (TPSA) is 86.1 Å². The summed E-state index contributed by atoms with van der Waals surface area (Å²) in [5.41, 5.74) is 1.55. The number of thiophene rings is 2. The molecule has 0 unspecified atom stereocenters. The second-order valence-corrected chi connectivity index (χ2v) is 10.3. The van der Waals surface area contributed by atoms with Crippen molar-refractivity contribution >= 4 is 51.3 Å². The van der Waals surface area contributed by atoms with Crippen LogP contribution < -0.4 is 5.32 Å². The first-order valence-corrected chi connectivity index (χ1v) is 13.1. The lowest BCUT2D eigenvalue weighted by atomic mass is 10.1. The average molecular weight is 489 g/mol. The number of esters is 1. The first kappa shape index (κ1) is 22.8. The highest BCUT2D eigenvalue weighted by atomic mass is 32.2. The lowest BCUT2D eigenvalue weighted by Crippen LogP contribution is -2.17. The highest BCUT2D eigenvalue weighted by Gasteiger charge is 2.28. The van der Waals surface area contributed by atoms with Crippen molar-refractivity contribution in [1.29, 1.82) is 0 Å². The number of hydrogen-bond donors (Lipinski definition) is 1. The molecule has 0 spiro atoms. The van der Waals surface area contributed by atoms with E-state index in [2.05, 4.69) is 28.2 Å². The minimum Gasteiger partial charge on any atom is -0.462 e. The predicted molar refractivity (Wildman–Crippen MR) is 129 cm³/mol. The smallest absolute Gasteiger partial charge is 0.341 e. The predicted octanol–water partition coefficient (Wildman–Crippen LogP) is 4.57. The van der Waals surface area contributed by atoms with Crippen molar-refractivity contribution in [1.82, 2.24) is 14.8 Å². The number of carbonyl (C=O) groups is 2. The fraction of sp³-hybridized carbons (Fsp3) is 0.364. The number of carbonyl (C=O) groups excluding carboxylic acids is 2. The molecule has 1 N–H and O–H groups in total. The molecule has 0 fully saturated rings. The van der Waals surface area contributed by atoms with Crippen molar-refractivity contribution in [2.24, 2.45) is 0 Å². The molecule has 0 aliphatic heterocycles. The largest absolute Gasteiger partial charge is 0.462 e. The van der Waals surface area contributed by atoms with Crippen LogP contribution >= 0.6 is 34.4 Å². The minimum atomic E-state index is -0.362. The molecule has 7 nitrogen and oxygen atoms in total. The summed E-state index contributed by atoms with van der Waals surface area (Å²) in [6, 6.07) is 4.08. The zero-order chi connectivity index (χ0) is 22.5. The van der Waals surface area contributed by atoms with Gasteiger partial charge in [-0.05, 0) is 43.2 Å². The van der Waals surface area contributed by atoms with E-state index >= 15 is 0 Å². The number of hydrogen-bond acceptors (Lipinski definition) is 8. The molecule has 168 valence electrons. The molecule has 4 rings (SSSR count). The Morgan fingerprint density at radius 2 is 2.25 bits per heavy atom. The summed E-state index contributed by atoms with van der Waals surface area (Å²) in [7, 11) is 0. The van der Waals surface area contributed by atoms with Crippen molar-refractivity contribution in [2.75, 3.05) is 17.7 Å². The Morgan fingerprint density at radius 3 is 3.00 bits per heavy atom. The minimum absolute atomic E-state index is 0.166. The molecule has 1 aliphatic carbocycles. The normalized spacial score (nSPS) is 12.5. The number of aryl methyl sites for hydroxylation is 1. The quantitative estimate of drug-likeness (QED) is 0.256. The van der Waals surface area contributed by atoms with E-state index in [9.17, 15) is 9.59 Å². The Kier molecular flexibility index (Phi) is 7.44. The zero-order valence-corrected chi connectivity index (χ0v) is 20.2. The molecule has 3 aromatic rings. The van der Waals surface area contributed by atoms with Crippen molar-refractivity contribution < 1.29 is 14.3 Å². The van der Waals surface area contributed by atoms with Gasteiger partial charge in [0.05, 0.1) is 17.9 Å². The Labute approximate surface area is 198 Å². The van der Waals surface area contributed by atoms with Crippen LogP contribution in [0.15, 0.2) is 35.3 Å². The maximum atomic E-state index is 12.7. The Morgan fingerprint density at radius 1 is 1.38 bits per heavy atom. The molecule has 32 heavy (non-hydrogen) atoms. The molecular weight excluding hydrogens is 464 g/mol. The number of thioether (sulfide) groups is 1. The number of anilines is 1. The van der Waals surface area contributed by atoms with Gasteiger partial charge in [0.2, 0.25) is 5.91 Å². The van der Waals surface area contributed by atoms with Crippen molar-refractivity contribution in [3.63, 3.8) is 0 Å². The van der Waals surface area contributed by atoms with Gasteiger partial charge in [-0.25, -0.2) is 4.79 Å². The number of fused-ring (bicyclic) bond motifs is 1. The van der Waals surface area contributed by atoms with Crippen LogP contribution in [0.5, 0.6) is 0 Å². The summed E-state index contributed by atoms with van der Waals surface area (Å²) in [5, 5.41) is 14.8. The summed E-state index contributed by atoms with van der Waals surface area (Å²) in [6.07, 6.45) is 5.31. The Bertz CT molecular complexity index is 1120. The maximum absolute atomic E-state index is 12.7. The number of allylic oxidation sites excluding steroid dienone is 1. The van der Waals surface area contributed by atoms with E-state index < -0.39 is 0 Å². The fourth-order valence-electron chi connectivity index (χ4n) is 3.64. The number of nitrogens with one attached hydrogen (secondary N) is 1. The molecule has 10 heteroatoms. The van der Waals surface area contributed by atoms with Gasteiger partial charge in [-0.15, -0.1) is 39.4 Å². The Hall–Kier alpha value is -2.43. The summed E-state index contributed by atoms with van der Waals surface area (Å²) in [6.45, 7) is 6.49. The second-order valence-electron chi connectivity index (χ2n) is 7.17. The van der Waals surface area contributed by atoms with Gasteiger partial charge < -0.3 is 14.6 Å². The highest BCUT2D eigenvalue weighted by Crippen LogP contribution is 2.39. The van der Waals surface area contributed by atoms with Gasteiger partial charge in [0.1, 0.15) is 10.8 Å². The van der Waals surface area contributed by atoms with E-state index in [4.69, 9.17) is 4.74 Å². The van der Waals surface area contributed by atoms with Crippen LogP contribution in [0.4, 0.5) is 5.00 Å². The molecule has 0 bridgehead atoms. The Balaban J connectivity index is 1.44. The molecule has 3 heterocycles. The molecule has 3 aromatic heterocycles. The molecule has 0 atom stereocenters. The molecule has 0 aromatic carbocycles. The second kappa shape index (κ2) is 10.5. The van der Waals surface area contributed by atoms with Gasteiger partial charge in [0, 0.05) is 22.7 Å². The van der Waals surface area contributed by atoms with Crippen LogP contribution in [-0.2, 0) is 35.3 Å². The van der Waals surface area contributed by atoms with Crippen molar-refractivity contribution in [3.8, 4) is 0 Å². The molecule has 0 radical (unpaired) electrons. The molecular formula is C22H24N4O3S3. The lowest BCUT2D eigenvalue weighted by Gasteiger charge is -2.09. The first-order valence-electron chi connectivity index (χ1n) is 10.4. The van der Waals surface area contributed by atoms with Gasteiger partial charge in [-0.1, -0.05) is 23.9 Å². The molecule has 1 aliphatic rings. The van der Waals surface area contributed by atoms with Gasteiger partial charge >= 0.3 is 5.97 Å². The van der Waals surface area contributed by atoms with E-state index in [1.807, 2.05) is 16.0 Å². The third-order valence-corrected chi connectivity index (χ3v) is 8.05. The maximum Gasteiger partial charge on any atom is 0.341 e. The van der Waals surface area contributed by atoms with Crippen LogP contribution in [0.25, 0.3) is 0 Å². The van der Waals surface area contributed by atoms with Crippen LogP contribution in [-0.4, -0.2) is 39.0 Å². The molecule has 0 saturated heterocycles. The SMILES string of the molecule is C=CCn1c(Cc2cccs2)nnc1SCC(=O)Nc1sc2c(c1C(=O)OCC)CCC2. The molecule has 1 amide bonds. The van der Waals surface area contributed by atoms with Gasteiger partial charge in [0.15, 0.2) is 5.16 Å². The zero-order valence-electron chi connectivity index (χ0n) is 17.8. The van der Waals surface area contributed by atoms with E-state index in [0.717, 1.165) is 30.7 Å².